The van der Waals surface area contributed by atoms with Gasteiger partial charge in [0.05, 0.1) is 6.10 Å². The lowest BCUT2D eigenvalue weighted by Gasteiger charge is -2.33. The van der Waals surface area contributed by atoms with Gasteiger partial charge in [0, 0.05) is 18.2 Å². The van der Waals surface area contributed by atoms with Gasteiger partial charge in [-0.1, -0.05) is 37.5 Å². The predicted octanol–water partition coefficient (Wildman–Crippen LogP) is 2.35. The third-order valence-electron chi connectivity index (χ3n) is 4.80. The maximum Gasteiger partial charge on any atom is 0.265 e. The molecule has 0 bridgehead atoms. The largest absolute Gasteiger partial charge is 0.392 e. The molecule has 1 saturated carbocycles. The number of nitrogens with zero attached hydrogens (tertiary/aromatic N) is 1. The Labute approximate surface area is 126 Å². The molecule has 0 spiro atoms. The molecule has 2 N–H and O–H groups in total. The van der Waals surface area contributed by atoms with E-state index in [4.69, 9.17) is 0 Å². The lowest BCUT2D eigenvalue weighted by atomic mass is 9.83. The molecule has 0 aromatic heterocycles. The molecule has 1 aliphatic carbocycles. The van der Waals surface area contributed by atoms with Crippen molar-refractivity contribution in [1.82, 2.24) is 10.4 Å². The fraction of sp³-hybridized carbons (Fsp3) is 0.588. The molecular weight excluding hydrogens is 264 g/mol. The summed E-state index contributed by atoms with van der Waals surface area (Å²) in [7, 11) is 0. The third kappa shape index (κ3) is 3.44. The Hall–Kier alpha value is -1.39. The van der Waals surface area contributed by atoms with Gasteiger partial charge in [0.2, 0.25) is 0 Å². The summed E-state index contributed by atoms with van der Waals surface area (Å²) in [6, 6.07) is 9.56. The van der Waals surface area contributed by atoms with Crippen molar-refractivity contribution in [2.75, 3.05) is 6.54 Å². The van der Waals surface area contributed by atoms with Crippen LogP contribution in [-0.2, 0) is 0 Å². The Bertz CT molecular complexity index is 471. The SMILES string of the molecule is O=C(NN1CC(O)CC1C1CCCCC1)c1ccccc1. The molecule has 1 amide bonds. The van der Waals surface area contributed by atoms with Crippen molar-refractivity contribution in [3.05, 3.63) is 35.9 Å². The van der Waals surface area contributed by atoms with Crippen LogP contribution >= 0.6 is 0 Å². The van der Waals surface area contributed by atoms with Gasteiger partial charge in [-0.2, -0.15) is 0 Å². The number of carbonyl (C=O) groups is 1. The molecule has 2 unspecified atom stereocenters. The topological polar surface area (TPSA) is 52.6 Å². The number of β-amino-alcohol motifs (C(OH)–C–C–N with tert-alkyl or cyclic N) is 1. The lowest BCUT2D eigenvalue weighted by Crippen LogP contribution is -2.48. The van der Waals surface area contributed by atoms with Crippen LogP contribution < -0.4 is 5.43 Å². The van der Waals surface area contributed by atoms with Crippen LogP contribution in [0, 0.1) is 5.92 Å². The second-order valence-corrected chi connectivity index (χ2v) is 6.31. The van der Waals surface area contributed by atoms with Crippen molar-refractivity contribution in [2.45, 2.75) is 50.7 Å². The Morgan fingerprint density at radius 2 is 1.86 bits per heavy atom. The molecule has 0 radical (unpaired) electrons. The summed E-state index contributed by atoms with van der Waals surface area (Å²) in [4.78, 5) is 12.3. The van der Waals surface area contributed by atoms with Gasteiger partial charge in [-0.3, -0.25) is 10.2 Å². The van der Waals surface area contributed by atoms with Gasteiger partial charge in [0.15, 0.2) is 0 Å². The van der Waals surface area contributed by atoms with Gasteiger partial charge < -0.3 is 5.11 Å². The number of benzene rings is 1. The average molecular weight is 288 g/mol. The van der Waals surface area contributed by atoms with E-state index < -0.39 is 0 Å². The first-order valence-corrected chi connectivity index (χ1v) is 8.05. The van der Waals surface area contributed by atoms with Crippen LogP contribution in [0.25, 0.3) is 0 Å². The highest BCUT2D eigenvalue weighted by Crippen LogP contribution is 2.33. The molecule has 1 saturated heterocycles. The second-order valence-electron chi connectivity index (χ2n) is 6.31. The number of hydrogen-bond donors (Lipinski definition) is 2. The highest BCUT2D eigenvalue weighted by molar-refractivity contribution is 5.93. The Balaban J connectivity index is 1.66. The summed E-state index contributed by atoms with van der Waals surface area (Å²) < 4.78 is 0. The number of carbonyl (C=O) groups excluding carboxylic acids is 1. The first kappa shape index (κ1) is 14.5. The molecule has 4 nitrogen and oxygen atoms in total. The molecule has 2 atom stereocenters. The maximum absolute atomic E-state index is 12.3. The summed E-state index contributed by atoms with van der Waals surface area (Å²) in [5.41, 5.74) is 3.68. The van der Waals surface area contributed by atoms with E-state index in [-0.39, 0.29) is 18.1 Å². The van der Waals surface area contributed by atoms with Crippen molar-refractivity contribution < 1.29 is 9.90 Å². The van der Waals surface area contributed by atoms with Crippen LogP contribution in [0.1, 0.15) is 48.9 Å². The van der Waals surface area contributed by atoms with Crippen molar-refractivity contribution in [3.63, 3.8) is 0 Å². The fourth-order valence-electron chi connectivity index (χ4n) is 3.72. The first-order chi connectivity index (χ1) is 10.2. The lowest BCUT2D eigenvalue weighted by molar-refractivity contribution is 0.0643. The Kier molecular flexibility index (Phi) is 4.56. The smallest absolute Gasteiger partial charge is 0.265 e. The zero-order chi connectivity index (χ0) is 14.7. The molecule has 114 valence electrons. The van der Waals surface area contributed by atoms with Crippen LogP contribution in [0.2, 0.25) is 0 Å². The van der Waals surface area contributed by atoms with Crippen LogP contribution in [0.3, 0.4) is 0 Å². The minimum Gasteiger partial charge on any atom is -0.392 e. The standard InChI is InChI=1S/C17H24N2O2/c20-15-11-16(13-7-3-1-4-8-13)19(12-15)18-17(21)14-9-5-2-6-10-14/h2,5-6,9-10,13,15-16,20H,1,3-4,7-8,11-12H2,(H,18,21). The van der Waals surface area contributed by atoms with Crippen molar-refractivity contribution in [3.8, 4) is 0 Å². The van der Waals surface area contributed by atoms with Crippen LogP contribution in [-0.4, -0.2) is 34.7 Å². The van der Waals surface area contributed by atoms with Crippen molar-refractivity contribution in [2.24, 2.45) is 5.92 Å². The van der Waals surface area contributed by atoms with E-state index in [2.05, 4.69) is 5.43 Å². The number of rotatable bonds is 3. The van der Waals surface area contributed by atoms with Crippen molar-refractivity contribution in [1.29, 1.82) is 0 Å². The molecule has 3 rings (SSSR count). The molecule has 1 aliphatic heterocycles. The van der Waals surface area contributed by atoms with E-state index in [1.54, 1.807) is 0 Å². The van der Waals surface area contributed by atoms with E-state index in [0.29, 0.717) is 18.0 Å². The number of hydrogen-bond acceptors (Lipinski definition) is 3. The molecule has 1 aromatic carbocycles. The van der Waals surface area contributed by atoms with Crippen LogP contribution in [0.5, 0.6) is 0 Å². The van der Waals surface area contributed by atoms with E-state index in [1.807, 2.05) is 35.3 Å². The molecule has 4 heteroatoms. The second kappa shape index (κ2) is 6.58. The van der Waals surface area contributed by atoms with Gasteiger partial charge >= 0.3 is 0 Å². The maximum atomic E-state index is 12.3. The highest BCUT2D eigenvalue weighted by Gasteiger charge is 2.37. The third-order valence-corrected chi connectivity index (χ3v) is 4.80. The number of nitrogens with one attached hydrogen (secondary N) is 1. The zero-order valence-electron chi connectivity index (χ0n) is 12.4. The first-order valence-electron chi connectivity index (χ1n) is 8.05. The highest BCUT2D eigenvalue weighted by atomic mass is 16.3. The zero-order valence-corrected chi connectivity index (χ0v) is 12.4. The Morgan fingerprint density at radius 1 is 1.14 bits per heavy atom. The van der Waals surface area contributed by atoms with E-state index >= 15 is 0 Å². The van der Waals surface area contributed by atoms with Gasteiger partial charge in [0.1, 0.15) is 0 Å². The van der Waals surface area contributed by atoms with Gasteiger partial charge in [-0.25, -0.2) is 5.01 Å². The minimum atomic E-state index is -0.326. The summed E-state index contributed by atoms with van der Waals surface area (Å²) in [5, 5.41) is 12.0. The molecule has 2 aliphatic rings. The van der Waals surface area contributed by atoms with Gasteiger partial charge in [-0.05, 0) is 37.3 Å². The van der Waals surface area contributed by atoms with E-state index in [9.17, 15) is 9.90 Å². The quantitative estimate of drug-likeness (QED) is 0.897. The molecule has 21 heavy (non-hydrogen) atoms. The van der Waals surface area contributed by atoms with Crippen LogP contribution in [0.15, 0.2) is 30.3 Å². The van der Waals surface area contributed by atoms with Crippen molar-refractivity contribution >= 4 is 5.91 Å². The van der Waals surface area contributed by atoms with E-state index in [0.717, 1.165) is 6.42 Å². The van der Waals surface area contributed by atoms with Gasteiger partial charge in [0.25, 0.3) is 5.91 Å². The number of aliphatic hydroxyl groups is 1. The van der Waals surface area contributed by atoms with E-state index in [1.165, 1.54) is 32.1 Å². The number of amides is 1. The summed E-state index contributed by atoms with van der Waals surface area (Å²) in [5.74, 6) is 0.525. The average Bonchev–Trinajstić information content (AvgIpc) is 2.89. The summed E-state index contributed by atoms with van der Waals surface area (Å²) in [6.07, 6.45) is 6.76. The van der Waals surface area contributed by atoms with Crippen LogP contribution in [0.4, 0.5) is 0 Å². The molecular formula is C17H24N2O2. The summed E-state index contributed by atoms with van der Waals surface area (Å²) in [6.45, 7) is 0.541. The normalized spacial score (nSPS) is 27.7. The molecule has 2 fully saturated rings. The molecule has 1 heterocycles. The molecule has 1 aromatic rings. The van der Waals surface area contributed by atoms with Gasteiger partial charge in [-0.15, -0.1) is 0 Å². The monoisotopic (exact) mass is 288 g/mol. The Morgan fingerprint density at radius 3 is 2.57 bits per heavy atom. The predicted molar refractivity (Wildman–Crippen MR) is 81.6 cm³/mol. The summed E-state index contributed by atoms with van der Waals surface area (Å²) >= 11 is 0. The number of hydrazine groups is 1. The number of aliphatic hydroxyl groups excluding tert-OH is 1. The fourth-order valence-corrected chi connectivity index (χ4v) is 3.72. The minimum absolute atomic E-state index is 0.0782.